The number of rotatable bonds is 5. The molecule has 16 heavy (non-hydrogen) atoms. The second-order valence-electron chi connectivity index (χ2n) is 3.89. The van der Waals surface area contributed by atoms with E-state index >= 15 is 0 Å². The first-order valence-corrected chi connectivity index (χ1v) is 5.29. The van der Waals surface area contributed by atoms with E-state index in [1.165, 1.54) is 24.3 Å². The van der Waals surface area contributed by atoms with Crippen LogP contribution in [-0.4, -0.2) is 11.1 Å². The number of hydrogen-bond acceptors (Lipinski definition) is 2. The molecule has 1 rings (SSSR count). The molecule has 0 amide bonds. The summed E-state index contributed by atoms with van der Waals surface area (Å²) in [5, 5.41) is 9.16. The molecule has 0 unspecified atom stereocenters. The zero-order valence-corrected chi connectivity index (χ0v) is 9.24. The van der Waals surface area contributed by atoms with E-state index < -0.39 is 17.3 Å². The summed E-state index contributed by atoms with van der Waals surface area (Å²) in [4.78, 5) is 11.2. The predicted octanol–water partition coefficient (Wildman–Crippen LogP) is 2.25. The van der Waals surface area contributed by atoms with Gasteiger partial charge in [-0.15, -0.1) is 0 Å². The molecule has 4 heteroatoms. The zero-order chi connectivity index (χ0) is 12.2. The molecule has 0 aliphatic carbocycles. The first kappa shape index (κ1) is 12.6. The maximum atomic E-state index is 12.7. The lowest BCUT2D eigenvalue weighted by molar-refractivity contribution is -0.144. The number of halogens is 1. The van der Waals surface area contributed by atoms with Crippen LogP contribution in [-0.2, 0) is 10.3 Å². The van der Waals surface area contributed by atoms with Gasteiger partial charge in [0, 0.05) is 0 Å². The first-order chi connectivity index (χ1) is 7.50. The van der Waals surface area contributed by atoms with Gasteiger partial charge >= 0.3 is 5.97 Å². The second-order valence-corrected chi connectivity index (χ2v) is 3.89. The summed E-state index contributed by atoms with van der Waals surface area (Å²) in [6.07, 6.45) is 1.94. The van der Waals surface area contributed by atoms with Crippen LogP contribution in [0.5, 0.6) is 0 Å². The van der Waals surface area contributed by atoms with Crippen molar-refractivity contribution in [3.05, 3.63) is 35.6 Å². The van der Waals surface area contributed by atoms with Gasteiger partial charge in [-0.25, -0.2) is 9.18 Å². The maximum absolute atomic E-state index is 12.7. The number of carboxylic acid groups (broad SMARTS) is 1. The van der Waals surface area contributed by atoms with Crippen LogP contribution in [0.1, 0.15) is 31.7 Å². The van der Waals surface area contributed by atoms with Gasteiger partial charge in [0.1, 0.15) is 11.4 Å². The van der Waals surface area contributed by atoms with E-state index in [1.54, 1.807) is 0 Å². The molecule has 0 saturated heterocycles. The van der Waals surface area contributed by atoms with Crippen LogP contribution < -0.4 is 5.73 Å². The molecule has 0 aliphatic heterocycles. The summed E-state index contributed by atoms with van der Waals surface area (Å²) in [6, 6.07) is 5.32. The van der Waals surface area contributed by atoms with Crippen molar-refractivity contribution in [1.29, 1.82) is 0 Å². The van der Waals surface area contributed by atoms with Gasteiger partial charge in [0.05, 0.1) is 0 Å². The lowest BCUT2D eigenvalue weighted by atomic mass is 9.86. The van der Waals surface area contributed by atoms with Crippen LogP contribution in [0.4, 0.5) is 4.39 Å². The minimum absolute atomic E-state index is 0.352. The summed E-state index contributed by atoms with van der Waals surface area (Å²) in [5.74, 6) is -1.47. The van der Waals surface area contributed by atoms with Crippen LogP contribution in [0.25, 0.3) is 0 Å². The largest absolute Gasteiger partial charge is 0.480 e. The molecule has 1 atom stereocenters. The Morgan fingerprint density at radius 2 is 2.00 bits per heavy atom. The van der Waals surface area contributed by atoms with E-state index in [4.69, 9.17) is 10.8 Å². The smallest absolute Gasteiger partial charge is 0.328 e. The molecular weight excluding hydrogens is 209 g/mol. The lowest BCUT2D eigenvalue weighted by Gasteiger charge is -2.25. The third kappa shape index (κ3) is 2.58. The van der Waals surface area contributed by atoms with Crippen LogP contribution in [0.15, 0.2) is 24.3 Å². The number of hydrogen-bond donors (Lipinski definition) is 2. The predicted molar refractivity (Wildman–Crippen MR) is 59.4 cm³/mol. The molecule has 0 saturated carbocycles. The second kappa shape index (κ2) is 5.07. The van der Waals surface area contributed by atoms with Gasteiger partial charge in [-0.1, -0.05) is 31.9 Å². The van der Waals surface area contributed by atoms with Gasteiger partial charge < -0.3 is 10.8 Å². The number of aliphatic carboxylic acids is 1. The standard InChI is InChI=1S/C12H16FNO2/c1-2-3-8-12(14,11(15)16)9-4-6-10(13)7-5-9/h4-7H,2-3,8,14H2,1H3,(H,15,16)/t12-/m1/s1. The van der Waals surface area contributed by atoms with Gasteiger partial charge in [-0.3, -0.25) is 0 Å². The highest BCUT2D eigenvalue weighted by Crippen LogP contribution is 2.25. The van der Waals surface area contributed by atoms with Crippen molar-refractivity contribution >= 4 is 5.97 Å². The van der Waals surface area contributed by atoms with Crippen LogP contribution >= 0.6 is 0 Å². The van der Waals surface area contributed by atoms with E-state index in [-0.39, 0.29) is 0 Å². The molecule has 0 aromatic heterocycles. The van der Waals surface area contributed by atoms with Crippen molar-refractivity contribution in [2.24, 2.45) is 5.73 Å². The molecule has 88 valence electrons. The minimum atomic E-state index is -1.41. The van der Waals surface area contributed by atoms with Crippen molar-refractivity contribution in [3.63, 3.8) is 0 Å². The van der Waals surface area contributed by atoms with Gasteiger partial charge in [0.15, 0.2) is 0 Å². The number of carbonyl (C=O) groups is 1. The molecule has 3 nitrogen and oxygen atoms in total. The SMILES string of the molecule is CCCC[C@](N)(C(=O)O)c1ccc(F)cc1. The highest BCUT2D eigenvalue weighted by molar-refractivity contribution is 5.80. The van der Waals surface area contributed by atoms with Crippen LogP contribution in [0.2, 0.25) is 0 Å². The first-order valence-electron chi connectivity index (χ1n) is 5.29. The van der Waals surface area contributed by atoms with E-state index in [0.717, 1.165) is 12.8 Å². The summed E-state index contributed by atoms with van der Waals surface area (Å²) in [7, 11) is 0. The molecule has 0 heterocycles. The Hall–Kier alpha value is -1.42. The van der Waals surface area contributed by atoms with Crippen LogP contribution in [0, 0.1) is 5.82 Å². The van der Waals surface area contributed by atoms with E-state index in [2.05, 4.69) is 0 Å². The molecule has 3 N–H and O–H groups in total. The topological polar surface area (TPSA) is 63.3 Å². The average Bonchev–Trinajstić information content (AvgIpc) is 2.26. The number of nitrogens with two attached hydrogens (primary N) is 1. The number of benzene rings is 1. The Morgan fingerprint density at radius 3 is 2.44 bits per heavy atom. The number of carboxylic acids is 1. The molecule has 0 fully saturated rings. The molecule has 0 bridgehead atoms. The normalized spacial score (nSPS) is 14.4. The van der Waals surface area contributed by atoms with Crippen molar-refractivity contribution in [3.8, 4) is 0 Å². The Labute approximate surface area is 94.1 Å². The van der Waals surface area contributed by atoms with Crippen molar-refractivity contribution in [2.75, 3.05) is 0 Å². The third-order valence-corrected chi connectivity index (χ3v) is 2.67. The quantitative estimate of drug-likeness (QED) is 0.807. The van der Waals surface area contributed by atoms with Gasteiger partial charge in [0.2, 0.25) is 0 Å². The zero-order valence-electron chi connectivity index (χ0n) is 9.24. The van der Waals surface area contributed by atoms with Gasteiger partial charge in [0.25, 0.3) is 0 Å². The number of unbranched alkanes of at least 4 members (excludes halogenated alkanes) is 1. The Morgan fingerprint density at radius 1 is 1.44 bits per heavy atom. The van der Waals surface area contributed by atoms with E-state index in [1.807, 2.05) is 6.92 Å². The van der Waals surface area contributed by atoms with Crippen molar-refractivity contribution in [1.82, 2.24) is 0 Å². The maximum Gasteiger partial charge on any atom is 0.328 e. The molecule has 1 aromatic carbocycles. The van der Waals surface area contributed by atoms with Gasteiger partial charge in [-0.05, 0) is 24.1 Å². The van der Waals surface area contributed by atoms with Crippen molar-refractivity contribution in [2.45, 2.75) is 31.7 Å². The fourth-order valence-electron chi connectivity index (χ4n) is 1.58. The Bertz CT molecular complexity index is 364. The molecule has 1 aromatic rings. The van der Waals surface area contributed by atoms with E-state index in [0.29, 0.717) is 12.0 Å². The summed E-state index contributed by atoms with van der Waals surface area (Å²) in [6.45, 7) is 1.97. The average molecular weight is 225 g/mol. The highest BCUT2D eigenvalue weighted by Gasteiger charge is 2.35. The summed E-state index contributed by atoms with van der Waals surface area (Å²) < 4.78 is 12.7. The highest BCUT2D eigenvalue weighted by atomic mass is 19.1. The fourth-order valence-corrected chi connectivity index (χ4v) is 1.58. The Balaban J connectivity index is 3.01. The van der Waals surface area contributed by atoms with Crippen LogP contribution in [0.3, 0.4) is 0 Å². The Kier molecular flexibility index (Phi) is 4.01. The van der Waals surface area contributed by atoms with Crippen molar-refractivity contribution < 1.29 is 14.3 Å². The minimum Gasteiger partial charge on any atom is -0.480 e. The third-order valence-electron chi connectivity index (χ3n) is 2.67. The lowest BCUT2D eigenvalue weighted by Crippen LogP contribution is -2.44. The summed E-state index contributed by atoms with van der Waals surface area (Å²) >= 11 is 0. The molecule has 0 aliphatic rings. The summed E-state index contributed by atoms with van der Waals surface area (Å²) in [5.41, 5.74) is 4.90. The van der Waals surface area contributed by atoms with Gasteiger partial charge in [-0.2, -0.15) is 0 Å². The molecular formula is C12H16FNO2. The monoisotopic (exact) mass is 225 g/mol. The van der Waals surface area contributed by atoms with E-state index in [9.17, 15) is 9.18 Å². The molecule has 0 radical (unpaired) electrons. The molecule has 0 spiro atoms. The fraction of sp³-hybridized carbons (Fsp3) is 0.417.